The molecular formula is C38H38N6O4S. The van der Waals surface area contributed by atoms with Gasteiger partial charge in [-0.05, 0) is 86.2 Å². The molecule has 3 aliphatic heterocycles. The third-order valence-electron chi connectivity index (χ3n) is 10.3. The number of pyridine rings is 1. The van der Waals surface area contributed by atoms with E-state index in [0.717, 1.165) is 73.6 Å². The van der Waals surface area contributed by atoms with E-state index in [0.29, 0.717) is 46.5 Å². The fraction of sp³-hybridized carbons (Fsp3) is 0.342. The molecule has 49 heavy (non-hydrogen) atoms. The number of carbonyl (C=O) groups excluding carboxylic acids is 4. The lowest BCUT2D eigenvalue weighted by Gasteiger charge is -2.54. The Labute approximate surface area is 289 Å². The van der Waals surface area contributed by atoms with Crippen LogP contribution in [0.1, 0.15) is 68.6 Å². The highest BCUT2D eigenvalue weighted by Crippen LogP contribution is 2.43. The van der Waals surface area contributed by atoms with Crippen LogP contribution in [-0.2, 0) is 11.2 Å². The first-order chi connectivity index (χ1) is 23.8. The van der Waals surface area contributed by atoms with Gasteiger partial charge in [-0.1, -0.05) is 18.2 Å². The first kappa shape index (κ1) is 31.3. The molecule has 1 spiro atoms. The maximum atomic E-state index is 13.9. The standard InChI is InChI=1S/C38H38N6O4S/c1-24(45)43-22-38(23-43)15-19-42(20-16-38)34-30(6-4-17-39-34)35(46)40-27-10-8-25(9-11-27)37(48)44-18-14-26-21-32(36(47)41-28-12-13-28)49-33(26)29-5-2-3-7-31(29)44/h2-11,17,21,28H,12-16,18-20,22-23H2,1H3,(H,40,46)(H,41,47). The minimum Gasteiger partial charge on any atom is -0.356 e. The number of hydrogen-bond acceptors (Lipinski definition) is 7. The van der Waals surface area contributed by atoms with Crippen molar-refractivity contribution < 1.29 is 19.2 Å². The van der Waals surface area contributed by atoms with Gasteiger partial charge in [0.1, 0.15) is 5.82 Å². The first-order valence-electron chi connectivity index (χ1n) is 17.0. The van der Waals surface area contributed by atoms with Gasteiger partial charge in [-0.2, -0.15) is 0 Å². The summed E-state index contributed by atoms with van der Waals surface area (Å²) in [6.07, 6.45) is 6.34. The number of aromatic nitrogens is 1. The highest BCUT2D eigenvalue weighted by atomic mass is 32.1. The number of nitrogens with zero attached hydrogens (tertiary/aromatic N) is 4. The number of carbonyl (C=O) groups is 4. The Morgan fingerprint density at radius 3 is 2.39 bits per heavy atom. The number of para-hydroxylation sites is 1. The Bertz CT molecular complexity index is 1950. The number of fused-ring (bicyclic) bond motifs is 3. The van der Waals surface area contributed by atoms with Gasteiger partial charge < -0.3 is 25.3 Å². The molecule has 11 heteroatoms. The largest absolute Gasteiger partial charge is 0.356 e. The summed E-state index contributed by atoms with van der Waals surface area (Å²) >= 11 is 1.49. The zero-order chi connectivity index (χ0) is 33.7. The van der Waals surface area contributed by atoms with Crippen LogP contribution in [0.15, 0.2) is 72.9 Å². The Kier molecular flexibility index (Phi) is 7.94. The molecule has 8 rings (SSSR count). The van der Waals surface area contributed by atoms with Crippen LogP contribution in [-0.4, -0.2) is 72.3 Å². The van der Waals surface area contributed by atoms with Crippen LogP contribution in [0.4, 0.5) is 17.2 Å². The molecule has 1 aliphatic carbocycles. The van der Waals surface area contributed by atoms with Crippen LogP contribution in [0, 0.1) is 5.41 Å². The van der Waals surface area contributed by atoms with E-state index >= 15 is 0 Å². The summed E-state index contributed by atoms with van der Waals surface area (Å²) in [5.41, 5.74) is 4.63. The maximum absolute atomic E-state index is 13.9. The van der Waals surface area contributed by atoms with Gasteiger partial charge in [0, 0.05) is 79.0 Å². The van der Waals surface area contributed by atoms with Gasteiger partial charge in [-0.25, -0.2) is 4.98 Å². The summed E-state index contributed by atoms with van der Waals surface area (Å²) in [5, 5.41) is 6.09. The Hall–Kier alpha value is -5.03. The van der Waals surface area contributed by atoms with Gasteiger partial charge in [-0.15, -0.1) is 11.3 Å². The molecule has 3 fully saturated rings. The van der Waals surface area contributed by atoms with Gasteiger partial charge in [0.2, 0.25) is 5.91 Å². The number of amides is 4. The van der Waals surface area contributed by atoms with Gasteiger partial charge in [0.25, 0.3) is 17.7 Å². The molecule has 4 aromatic rings. The zero-order valence-electron chi connectivity index (χ0n) is 27.4. The van der Waals surface area contributed by atoms with Crippen molar-refractivity contribution in [1.29, 1.82) is 0 Å². The van der Waals surface area contributed by atoms with E-state index in [9.17, 15) is 19.2 Å². The lowest BCUT2D eigenvalue weighted by molar-refractivity contribution is -0.142. The van der Waals surface area contributed by atoms with E-state index in [-0.39, 0.29) is 29.0 Å². The topological polar surface area (TPSA) is 115 Å². The van der Waals surface area contributed by atoms with Crippen molar-refractivity contribution in [3.05, 3.63) is 94.5 Å². The molecule has 2 aromatic carbocycles. The third-order valence-corrected chi connectivity index (χ3v) is 11.5. The summed E-state index contributed by atoms with van der Waals surface area (Å²) in [7, 11) is 0. The summed E-state index contributed by atoms with van der Waals surface area (Å²) in [6.45, 7) is 5.29. The van der Waals surface area contributed by atoms with Gasteiger partial charge in [-0.3, -0.25) is 19.2 Å². The fourth-order valence-corrected chi connectivity index (χ4v) is 8.42. The second kappa shape index (κ2) is 12.5. The Morgan fingerprint density at radius 2 is 1.65 bits per heavy atom. The molecule has 250 valence electrons. The number of anilines is 3. The number of nitrogens with one attached hydrogen (secondary N) is 2. The molecule has 2 N–H and O–H groups in total. The molecule has 0 radical (unpaired) electrons. The number of likely N-dealkylation sites (tertiary alicyclic amines) is 1. The van der Waals surface area contributed by atoms with Crippen molar-refractivity contribution in [2.75, 3.05) is 47.8 Å². The molecule has 0 bridgehead atoms. The molecule has 2 saturated heterocycles. The molecule has 1 saturated carbocycles. The van der Waals surface area contributed by atoms with Crippen molar-refractivity contribution in [3.8, 4) is 10.4 Å². The number of rotatable bonds is 6. The monoisotopic (exact) mass is 674 g/mol. The van der Waals surface area contributed by atoms with Crippen LogP contribution in [0.2, 0.25) is 0 Å². The molecule has 10 nitrogen and oxygen atoms in total. The van der Waals surface area contributed by atoms with E-state index < -0.39 is 0 Å². The van der Waals surface area contributed by atoms with E-state index in [1.165, 1.54) is 11.3 Å². The minimum atomic E-state index is -0.258. The highest BCUT2D eigenvalue weighted by molar-refractivity contribution is 7.17. The van der Waals surface area contributed by atoms with Gasteiger partial charge in [0.05, 0.1) is 16.1 Å². The van der Waals surface area contributed by atoms with Gasteiger partial charge in [0.15, 0.2) is 0 Å². The summed E-state index contributed by atoms with van der Waals surface area (Å²) in [6, 6.07) is 20.7. The van der Waals surface area contributed by atoms with Crippen molar-refractivity contribution in [2.45, 2.75) is 45.1 Å². The number of thiophene rings is 1. The van der Waals surface area contributed by atoms with Crippen LogP contribution >= 0.6 is 11.3 Å². The van der Waals surface area contributed by atoms with Crippen LogP contribution in [0.5, 0.6) is 0 Å². The predicted molar refractivity (Wildman–Crippen MR) is 190 cm³/mol. The van der Waals surface area contributed by atoms with E-state index in [2.05, 4.69) is 20.5 Å². The van der Waals surface area contributed by atoms with Crippen LogP contribution in [0.3, 0.4) is 0 Å². The minimum absolute atomic E-state index is 0.0189. The molecule has 0 atom stereocenters. The summed E-state index contributed by atoms with van der Waals surface area (Å²) in [4.78, 5) is 64.1. The summed E-state index contributed by atoms with van der Waals surface area (Å²) in [5.74, 6) is 0.390. The lowest BCUT2D eigenvalue weighted by Crippen LogP contribution is -2.61. The second-order valence-corrected chi connectivity index (χ2v) is 14.8. The molecule has 4 aliphatic rings. The number of piperidine rings is 1. The van der Waals surface area contributed by atoms with Crippen molar-refractivity contribution >= 4 is 52.2 Å². The first-order valence-corrected chi connectivity index (χ1v) is 17.8. The predicted octanol–water partition coefficient (Wildman–Crippen LogP) is 5.61. The van der Waals surface area contributed by atoms with E-state index in [4.69, 9.17) is 0 Å². The highest BCUT2D eigenvalue weighted by Gasteiger charge is 2.46. The average molecular weight is 675 g/mol. The molecule has 5 heterocycles. The summed E-state index contributed by atoms with van der Waals surface area (Å²) < 4.78 is 0. The van der Waals surface area contributed by atoms with Crippen molar-refractivity contribution in [1.82, 2.24) is 15.2 Å². The normalized spacial score (nSPS) is 17.8. The van der Waals surface area contributed by atoms with Crippen molar-refractivity contribution in [2.24, 2.45) is 5.41 Å². The van der Waals surface area contributed by atoms with Crippen LogP contribution < -0.4 is 20.4 Å². The van der Waals surface area contributed by atoms with Gasteiger partial charge >= 0.3 is 0 Å². The van der Waals surface area contributed by atoms with Crippen LogP contribution in [0.25, 0.3) is 10.4 Å². The smallest absolute Gasteiger partial charge is 0.261 e. The Balaban J connectivity index is 0.944. The van der Waals surface area contributed by atoms with E-state index in [1.54, 1.807) is 49.5 Å². The molecular weight excluding hydrogens is 637 g/mol. The average Bonchev–Trinajstić information content (AvgIpc) is 3.85. The second-order valence-electron chi connectivity index (χ2n) is 13.7. The quantitative estimate of drug-likeness (QED) is 0.275. The molecule has 2 aromatic heterocycles. The number of hydrogen-bond donors (Lipinski definition) is 2. The third kappa shape index (κ3) is 6.07. The molecule has 4 amide bonds. The fourth-order valence-electron chi connectivity index (χ4n) is 7.27. The number of benzene rings is 2. The zero-order valence-corrected chi connectivity index (χ0v) is 28.2. The SMILES string of the molecule is CC(=O)N1CC2(CCN(c3ncccc3C(=O)Nc3ccc(C(=O)N4CCc5cc(C(=O)NC6CC6)sc5-c5ccccc54)cc3)CC2)C1. The maximum Gasteiger partial charge on any atom is 0.261 e. The lowest BCUT2D eigenvalue weighted by atomic mass is 9.72. The Morgan fingerprint density at radius 1 is 0.898 bits per heavy atom. The molecule has 0 unspecified atom stereocenters. The van der Waals surface area contributed by atoms with E-state index in [1.807, 2.05) is 40.1 Å². The van der Waals surface area contributed by atoms with Crippen molar-refractivity contribution in [3.63, 3.8) is 0 Å².